The molecule has 0 saturated heterocycles. The van der Waals surface area contributed by atoms with E-state index in [-0.39, 0.29) is 17.6 Å². The molecule has 0 amide bonds. The maximum Gasteiger partial charge on any atom is 0.406 e. The molecule has 0 bridgehead atoms. The van der Waals surface area contributed by atoms with Gasteiger partial charge in [0, 0.05) is 12.4 Å². The molecule has 8 heteroatoms. The van der Waals surface area contributed by atoms with Gasteiger partial charge in [0.2, 0.25) is 5.75 Å². The smallest absolute Gasteiger partial charge is 0.406 e. The van der Waals surface area contributed by atoms with E-state index in [2.05, 4.69) is 30.9 Å². The molecule has 2 aromatic rings. The molecule has 2 rings (SSSR count). The van der Waals surface area contributed by atoms with Crippen molar-refractivity contribution in [2.75, 3.05) is 0 Å². The highest BCUT2D eigenvalue weighted by molar-refractivity contribution is 9.10. The summed E-state index contributed by atoms with van der Waals surface area (Å²) in [6.45, 7) is 0. The maximum absolute atomic E-state index is 10.7. The Morgan fingerprint density at radius 3 is 2.65 bits per heavy atom. The van der Waals surface area contributed by atoms with E-state index in [1.165, 1.54) is 30.7 Å². The largest absolute Gasteiger partial charge is 0.415 e. The van der Waals surface area contributed by atoms with Crippen LogP contribution in [0.2, 0.25) is 0 Å². The van der Waals surface area contributed by atoms with Crippen LogP contribution in [0.3, 0.4) is 0 Å². The van der Waals surface area contributed by atoms with Crippen LogP contribution in [0.15, 0.2) is 35.2 Å². The van der Waals surface area contributed by atoms with Gasteiger partial charge >= 0.3 is 11.8 Å². The van der Waals surface area contributed by atoms with Crippen molar-refractivity contribution in [1.29, 1.82) is 0 Å². The molecule has 0 aliphatic rings. The molecule has 0 atom stereocenters. The van der Waals surface area contributed by atoms with E-state index < -0.39 is 4.92 Å². The predicted octanol–water partition coefficient (Wildman–Crippen LogP) is 2.33. The lowest BCUT2D eigenvalue weighted by atomic mass is 10.4. The van der Waals surface area contributed by atoms with Gasteiger partial charge in [-0.15, -0.1) is 0 Å². The Bertz CT molecular complexity index is 546. The molecule has 0 aliphatic heterocycles. The van der Waals surface area contributed by atoms with Crippen molar-refractivity contribution in [3.05, 3.63) is 45.3 Å². The maximum atomic E-state index is 10.7. The minimum Gasteiger partial charge on any atom is -0.415 e. The van der Waals surface area contributed by atoms with Crippen LogP contribution in [0.4, 0.5) is 5.82 Å². The van der Waals surface area contributed by atoms with Crippen molar-refractivity contribution in [1.82, 2.24) is 15.0 Å². The third kappa shape index (κ3) is 2.72. The third-order valence-corrected chi connectivity index (χ3v) is 2.13. The van der Waals surface area contributed by atoms with E-state index >= 15 is 0 Å². The molecule has 0 fully saturated rings. The zero-order valence-corrected chi connectivity index (χ0v) is 9.86. The summed E-state index contributed by atoms with van der Waals surface area (Å²) in [4.78, 5) is 21.3. The van der Waals surface area contributed by atoms with Gasteiger partial charge in [-0.2, -0.15) is 0 Å². The molecule has 86 valence electrons. The number of nitro groups is 1. The molecule has 0 N–H and O–H groups in total. The zero-order chi connectivity index (χ0) is 12.3. The Morgan fingerprint density at radius 2 is 2.00 bits per heavy atom. The molecule has 0 radical (unpaired) electrons. The summed E-state index contributed by atoms with van der Waals surface area (Å²) in [7, 11) is 0. The standard InChI is InChI=1S/C9H5BrN4O3/c10-6-4-12-9(13-5-6)17-7-2-1-3-11-8(7)14(15)16/h1-5H. The molecule has 0 saturated carbocycles. The minimum atomic E-state index is -0.631. The Morgan fingerprint density at radius 1 is 1.29 bits per heavy atom. The highest BCUT2D eigenvalue weighted by atomic mass is 79.9. The summed E-state index contributed by atoms with van der Waals surface area (Å²) in [6, 6.07) is 2.97. The fourth-order valence-corrected chi connectivity index (χ4v) is 1.26. The summed E-state index contributed by atoms with van der Waals surface area (Å²) in [5.41, 5.74) is 0. The van der Waals surface area contributed by atoms with Crippen molar-refractivity contribution in [2.24, 2.45) is 0 Å². The van der Waals surface area contributed by atoms with Crippen molar-refractivity contribution in [2.45, 2.75) is 0 Å². The van der Waals surface area contributed by atoms with Gasteiger partial charge in [0.25, 0.3) is 0 Å². The van der Waals surface area contributed by atoms with Gasteiger partial charge in [-0.05, 0) is 38.0 Å². The first-order chi connectivity index (χ1) is 8.16. The number of ether oxygens (including phenoxy) is 1. The molecule has 2 heterocycles. The fourth-order valence-electron chi connectivity index (χ4n) is 1.05. The molecule has 0 aromatic carbocycles. The quantitative estimate of drug-likeness (QED) is 0.638. The normalized spacial score (nSPS) is 9.94. The van der Waals surface area contributed by atoms with E-state index in [0.717, 1.165) is 0 Å². The first-order valence-electron chi connectivity index (χ1n) is 4.41. The SMILES string of the molecule is O=[N+]([O-])c1ncccc1Oc1ncc(Br)cn1. The van der Waals surface area contributed by atoms with E-state index in [1.54, 1.807) is 0 Å². The number of hydrogen-bond donors (Lipinski definition) is 0. The Balaban J connectivity index is 2.30. The van der Waals surface area contributed by atoms with Gasteiger partial charge < -0.3 is 14.9 Å². The van der Waals surface area contributed by atoms with E-state index in [0.29, 0.717) is 4.47 Å². The van der Waals surface area contributed by atoms with Crippen molar-refractivity contribution in [3.8, 4) is 11.8 Å². The highest BCUT2D eigenvalue weighted by Gasteiger charge is 2.17. The van der Waals surface area contributed by atoms with E-state index in [4.69, 9.17) is 4.74 Å². The van der Waals surface area contributed by atoms with Crippen LogP contribution < -0.4 is 4.74 Å². The second-order valence-corrected chi connectivity index (χ2v) is 3.78. The number of hydrogen-bond acceptors (Lipinski definition) is 6. The lowest BCUT2D eigenvalue weighted by Crippen LogP contribution is -1.97. The Hall–Kier alpha value is -2.09. The second kappa shape index (κ2) is 4.83. The van der Waals surface area contributed by atoms with Crippen LogP contribution in [0.1, 0.15) is 0 Å². The molecule has 2 aromatic heterocycles. The van der Waals surface area contributed by atoms with Crippen molar-refractivity contribution < 1.29 is 9.66 Å². The van der Waals surface area contributed by atoms with Crippen LogP contribution >= 0.6 is 15.9 Å². The van der Waals surface area contributed by atoms with Gasteiger partial charge in [0.15, 0.2) is 0 Å². The number of nitrogens with zero attached hydrogens (tertiary/aromatic N) is 4. The summed E-state index contributed by atoms with van der Waals surface area (Å²) in [5, 5.41) is 10.7. The molecular formula is C9H5BrN4O3. The highest BCUT2D eigenvalue weighted by Crippen LogP contribution is 2.26. The lowest BCUT2D eigenvalue weighted by molar-refractivity contribution is -0.390. The average molecular weight is 297 g/mol. The summed E-state index contributed by atoms with van der Waals surface area (Å²) in [5.74, 6) is -0.376. The Kier molecular flexibility index (Phi) is 3.24. The Labute approximate surface area is 104 Å². The minimum absolute atomic E-state index is 0.000164. The van der Waals surface area contributed by atoms with E-state index in [9.17, 15) is 10.1 Å². The summed E-state index contributed by atoms with van der Waals surface area (Å²) in [6.07, 6.45) is 4.27. The number of rotatable bonds is 3. The molecule has 0 unspecified atom stereocenters. The molecular weight excluding hydrogens is 292 g/mol. The van der Waals surface area contributed by atoms with Gasteiger partial charge in [0.1, 0.15) is 6.20 Å². The number of halogens is 1. The third-order valence-electron chi connectivity index (χ3n) is 1.72. The van der Waals surface area contributed by atoms with Crippen LogP contribution in [0.5, 0.6) is 11.8 Å². The van der Waals surface area contributed by atoms with Crippen molar-refractivity contribution >= 4 is 21.7 Å². The fraction of sp³-hybridized carbons (Fsp3) is 0. The molecule has 17 heavy (non-hydrogen) atoms. The first kappa shape index (κ1) is 11.4. The van der Waals surface area contributed by atoms with Crippen LogP contribution in [-0.2, 0) is 0 Å². The molecule has 7 nitrogen and oxygen atoms in total. The first-order valence-corrected chi connectivity index (χ1v) is 5.21. The lowest BCUT2D eigenvalue weighted by Gasteiger charge is -2.02. The topological polar surface area (TPSA) is 91.0 Å². The van der Waals surface area contributed by atoms with Crippen LogP contribution in [0, 0.1) is 10.1 Å². The second-order valence-electron chi connectivity index (χ2n) is 2.87. The predicted molar refractivity (Wildman–Crippen MR) is 60.7 cm³/mol. The summed E-state index contributed by atoms with van der Waals surface area (Å²) < 4.78 is 5.86. The van der Waals surface area contributed by atoms with Gasteiger partial charge in [-0.25, -0.2) is 9.97 Å². The van der Waals surface area contributed by atoms with Crippen molar-refractivity contribution in [3.63, 3.8) is 0 Å². The van der Waals surface area contributed by atoms with Gasteiger partial charge in [-0.1, -0.05) is 0 Å². The van der Waals surface area contributed by atoms with Crippen LogP contribution in [-0.4, -0.2) is 19.9 Å². The zero-order valence-electron chi connectivity index (χ0n) is 8.28. The number of pyridine rings is 1. The number of aromatic nitrogens is 3. The monoisotopic (exact) mass is 296 g/mol. The molecule has 0 aliphatic carbocycles. The van der Waals surface area contributed by atoms with Gasteiger partial charge in [0.05, 0.1) is 4.47 Å². The van der Waals surface area contributed by atoms with Crippen LogP contribution in [0.25, 0.3) is 0 Å². The van der Waals surface area contributed by atoms with E-state index in [1.807, 2.05) is 0 Å². The van der Waals surface area contributed by atoms with Gasteiger partial charge in [-0.3, -0.25) is 0 Å². The average Bonchev–Trinajstić information content (AvgIpc) is 2.32. The summed E-state index contributed by atoms with van der Waals surface area (Å²) >= 11 is 3.17. The molecule has 0 spiro atoms.